The number of benzene rings is 2. The average Bonchev–Trinajstić information content (AvgIpc) is 2.62. The maximum atomic E-state index is 12.0. The molecule has 1 aliphatic rings. The second-order valence-electron chi connectivity index (χ2n) is 5.84. The monoisotopic (exact) mass is 310 g/mol. The number of alkyl carbamates (subject to hydrolysis) is 1. The van der Waals surface area contributed by atoms with Crippen LogP contribution in [0.3, 0.4) is 0 Å². The van der Waals surface area contributed by atoms with Crippen LogP contribution < -0.4 is 10.6 Å². The highest BCUT2D eigenvalue weighted by Gasteiger charge is 2.24. The lowest BCUT2D eigenvalue weighted by Gasteiger charge is -2.31. The van der Waals surface area contributed by atoms with Gasteiger partial charge in [0.05, 0.1) is 0 Å². The topological polar surface area (TPSA) is 50.4 Å². The Morgan fingerprint density at radius 3 is 2.52 bits per heavy atom. The summed E-state index contributed by atoms with van der Waals surface area (Å²) in [6.45, 7) is 1.20. The quantitative estimate of drug-likeness (QED) is 0.910. The molecule has 0 aromatic heterocycles. The minimum Gasteiger partial charge on any atom is -0.445 e. The molecule has 4 heteroatoms. The van der Waals surface area contributed by atoms with Gasteiger partial charge in [0.25, 0.3) is 0 Å². The SMILES string of the molecule is O=C(NC1CCNC(c2ccccc2)C1)OCc1ccccc1. The number of carbonyl (C=O) groups is 1. The third kappa shape index (κ3) is 4.57. The fourth-order valence-corrected chi connectivity index (χ4v) is 2.92. The van der Waals surface area contributed by atoms with E-state index in [0.29, 0.717) is 6.61 Å². The van der Waals surface area contributed by atoms with E-state index in [1.165, 1.54) is 5.56 Å². The van der Waals surface area contributed by atoms with Crippen molar-refractivity contribution in [3.05, 3.63) is 71.8 Å². The van der Waals surface area contributed by atoms with Crippen LogP contribution in [-0.4, -0.2) is 18.7 Å². The van der Waals surface area contributed by atoms with Crippen LogP contribution in [0.1, 0.15) is 30.0 Å². The van der Waals surface area contributed by atoms with Crippen LogP contribution in [0.4, 0.5) is 4.79 Å². The highest BCUT2D eigenvalue weighted by Crippen LogP contribution is 2.23. The molecule has 1 amide bonds. The van der Waals surface area contributed by atoms with Crippen molar-refractivity contribution in [3.63, 3.8) is 0 Å². The van der Waals surface area contributed by atoms with Crippen LogP contribution in [-0.2, 0) is 11.3 Å². The van der Waals surface area contributed by atoms with Crippen molar-refractivity contribution >= 4 is 6.09 Å². The normalized spacial score (nSPS) is 20.7. The summed E-state index contributed by atoms with van der Waals surface area (Å²) >= 11 is 0. The molecule has 2 aromatic carbocycles. The van der Waals surface area contributed by atoms with E-state index in [1.807, 2.05) is 48.5 Å². The predicted octanol–water partition coefficient (Wildman–Crippen LogP) is 3.41. The number of ether oxygens (including phenoxy) is 1. The molecule has 1 saturated heterocycles. The Morgan fingerprint density at radius 1 is 1.09 bits per heavy atom. The Labute approximate surface area is 136 Å². The van der Waals surface area contributed by atoms with E-state index >= 15 is 0 Å². The molecule has 0 aliphatic carbocycles. The standard InChI is InChI=1S/C19H22N2O2/c22-19(23-14-15-7-3-1-4-8-15)21-17-11-12-20-18(13-17)16-9-5-2-6-10-16/h1-10,17-18,20H,11-14H2,(H,21,22). The van der Waals surface area contributed by atoms with E-state index in [2.05, 4.69) is 22.8 Å². The fourth-order valence-electron chi connectivity index (χ4n) is 2.92. The van der Waals surface area contributed by atoms with Crippen molar-refractivity contribution in [3.8, 4) is 0 Å². The van der Waals surface area contributed by atoms with Crippen LogP contribution in [0.5, 0.6) is 0 Å². The molecule has 23 heavy (non-hydrogen) atoms. The number of hydrogen-bond acceptors (Lipinski definition) is 3. The molecule has 2 N–H and O–H groups in total. The number of rotatable bonds is 4. The van der Waals surface area contributed by atoms with E-state index in [4.69, 9.17) is 4.74 Å². The predicted molar refractivity (Wildman–Crippen MR) is 90.0 cm³/mol. The van der Waals surface area contributed by atoms with E-state index in [0.717, 1.165) is 24.9 Å². The minimum atomic E-state index is -0.340. The Bertz CT molecular complexity index is 616. The first-order valence-electron chi connectivity index (χ1n) is 8.07. The smallest absolute Gasteiger partial charge is 0.407 e. The maximum absolute atomic E-state index is 12.0. The Kier molecular flexibility index (Phi) is 5.27. The first-order valence-corrected chi connectivity index (χ1v) is 8.07. The van der Waals surface area contributed by atoms with Crippen molar-refractivity contribution in [2.45, 2.75) is 31.5 Å². The summed E-state index contributed by atoms with van der Waals surface area (Å²) in [5.41, 5.74) is 2.26. The van der Waals surface area contributed by atoms with E-state index in [9.17, 15) is 4.79 Å². The van der Waals surface area contributed by atoms with E-state index in [-0.39, 0.29) is 18.2 Å². The number of carbonyl (C=O) groups excluding carboxylic acids is 1. The van der Waals surface area contributed by atoms with Crippen molar-refractivity contribution in [2.75, 3.05) is 6.54 Å². The molecule has 2 aromatic rings. The first-order chi connectivity index (χ1) is 11.3. The minimum absolute atomic E-state index is 0.143. The molecule has 2 unspecified atom stereocenters. The largest absolute Gasteiger partial charge is 0.445 e. The lowest BCUT2D eigenvalue weighted by Crippen LogP contribution is -2.44. The summed E-state index contributed by atoms with van der Waals surface area (Å²) in [6, 6.07) is 20.5. The van der Waals surface area contributed by atoms with Crippen molar-refractivity contribution in [1.82, 2.24) is 10.6 Å². The molecular formula is C19H22N2O2. The molecular weight excluding hydrogens is 288 g/mol. The second kappa shape index (κ2) is 7.79. The summed E-state index contributed by atoms with van der Waals surface area (Å²) in [5.74, 6) is 0. The molecule has 4 nitrogen and oxygen atoms in total. The van der Waals surface area contributed by atoms with E-state index < -0.39 is 0 Å². The van der Waals surface area contributed by atoms with Gasteiger partial charge in [-0.15, -0.1) is 0 Å². The van der Waals surface area contributed by atoms with Gasteiger partial charge in [0, 0.05) is 12.1 Å². The number of piperidine rings is 1. The zero-order valence-electron chi connectivity index (χ0n) is 13.1. The van der Waals surface area contributed by atoms with Gasteiger partial charge in [-0.05, 0) is 30.5 Å². The zero-order valence-corrected chi connectivity index (χ0v) is 13.1. The first kappa shape index (κ1) is 15.6. The molecule has 1 aliphatic heterocycles. The van der Waals surface area contributed by atoms with Crippen molar-refractivity contribution in [2.24, 2.45) is 0 Å². The molecule has 1 fully saturated rings. The summed E-state index contributed by atoms with van der Waals surface area (Å²) in [4.78, 5) is 12.0. The summed E-state index contributed by atoms with van der Waals surface area (Å²) in [6.07, 6.45) is 1.46. The molecule has 120 valence electrons. The Morgan fingerprint density at radius 2 is 1.78 bits per heavy atom. The Balaban J connectivity index is 1.48. The van der Waals surface area contributed by atoms with Gasteiger partial charge in [-0.3, -0.25) is 0 Å². The summed E-state index contributed by atoms with van der Waals surface area (Å²) in [7, 11) is 0. The summed E-state index contributed by atoms with van der Waals surface area (Å²) in [5, 5.41) is 6.49. The van der Waals surface area contributed by atoms with Gasteiger partial charge in [-0.1, -0.05) is 60.7 Å². The fraction of sp³-hybridized carbons (Fsp3) is 0.316. The average molecular weight is 310 g/mol. The zero-order chi connectivity index (χ0) is 15.9. The molecule has 0 radical (unpaired) electrons. The van der Waals surface area contributed by atoms with Crippen LogP contribution >= 0.6 is 0 Å². The third-order valence-electron chi connectivity index (χ3n) is 4.14. The van der Waals surface area contributed by atoms with Gasteiger partial charge in [0.2, 0.25) is 0 Å². The second-order valence-corrected chi connectivity index (χ2v) is 5.84. The van der Waals surface area contributed by atoms with Gasteiger partial charge < -0.3 is 15.4 Å². The molecule has 0 spiro atoms. The lowest BCUT2D eigenvalue weighted by molar-refractivity contribution is 0.132. The van der Waals surface area contributed by atoms with Gasteiger partial charge in [-0.25, -0.2) is 4.79 Å². The molecule has 1 heterocycles. The number of hydrogen-bond donors (Lipinski definition) is 2. The molecule has 2 atom stereocenters. The van der Waals surface area contributed by atoms with Crippen LogP contribution in [0.25, 0.3) is 0 Å². The van der Waals surface area contributed by atoms with Crippen molar-refractivity contribution in [1.29, 1.82) is 0 Å². The van der Waals surface area contributed by atoms with Gasteiger partial charge >= 0.3 is 6.09 Å². The van der Waals surface area contributed by atoms with Crippen LogP contribution in [0.2, 0.25) is 0 Å². The highest BCUT2D eigenvalue weighted by molar-refractivity contribution is 5.67. The number of nitrogens with one attached hydrogen (secondary N) is 2. The van der Waals surface area contributed by atoms with Gasteiger partial charge in [-0.2, -0.15) is 0 Å². The molecule has 0 saturated carbocycles. The van der Waals surface area contributed by atoms with Gasteiger partial charge in [0.1, 0.15) is 6.61 Å². The number of amides is 1. The van der Waals surface area contributed by atoms with Crippen LogP contribution in [0, 0.1) is 0 Å². The maximum Gasteiger partial charge on any atom is 0.407 e. The van der Waals surface area contributed by atoms with Crippen molar-refractivity contribution < 1.29 is 9.53 Å². The molecule has 3 rings (SSSR count). The van der Waals surface area contributed by atoms with E-state index in [1.54, 1.807) is 0 Å². The molecule has 0 bridgehead atoms. The highest BCUT2D eigenvalue weighted by atomic mass is 16.5. The lowest BCUT2D eigenvalue weighted by atomic mass is 9.94. The summed E-state index contributed by atoms with van der Waals surface area (Å²) < 4.78 is 5.30. The van der Waals surface area contributed by atoms with Gasteiger partial charge in [0.15, 0.2) is 0 Å². The Hall–Kier alpha value is -2.33. The van der Waals surface area contributed by atoms with Crippen LogP contribution in [0.15, 0.2) is 60.7 Å². The third-order valence-corrected chi connectivity index (χ3v) is 4.14.